The number of rotatable bonds is 11. The van der Waals surface area contributed by atoms with Crippen molar-refractivity contribution in [3.8, 4) is 12.3 Å². The Bertz CT molecular complexity index is 1350. The van der Waals surface area contributed by atoms with E-state index in [9.17, 15) is 9.46 Å². The topological polar surface area (TPSA) is 167 Å². The molecule has 0 aromatic carbocycles. The summed E-state index contributed by atoms with van der Waals surface area (Å²) >= 11 is 0. The number of terminal acetylenes is 1. The maximum atomic E-state index is 12.9. The van der Waals surface area contributed by atoms with Gasteiger partial charge in [-0.2, -0.15) is 10.2 Å². The Morgan fingerprint density at radius 3 is 2.73 bits per heavy atom. The number of morpholine rings is 1. The van der Waals surface area contributed by atoms with E-state index in [1.807, 2.05) is 13.8 Å². The number of nitrogens with zero attached hydrogens (tertiary/aromatic N) is 7. The summed E-state index contributed by atoms with van der Waals surface area (Å²) in [5.74, 6) is 2.33. The van der Waals surface area contributed by atoms with Gasteiger partial charge in [-0.1, -0.05) is 0 Å². The number of hydrogen-bond acceptors (Lipinski definition) is 12. The lowest BCUT2D eigenvalue weighted by Gasteiger charge is -2.30. The Morgan fingerprint density at radius 1 is 1.20 bits per heavy atom. The molecule has 3 fully saturated rings. The van der Waals surface area contributed by atoms with Crippen molar-refractivity contribution < 1.29 is 32.9 Å². The highest BCUT2D eigenvalue weighted by Gasteiger charge is 2.56. The van der Waals surface area contributed by atoms with E-state index >= 15 is 0 Å². The van der Waals surface area contributed by atoms with Crippen molar-refractivity contribution in [2.75, 3.05) is 44.8 Å². The SMILES string of the molecule is C#CCCC1(CCNc2ncnc3c2ncn3[C@H]2O[C@@H](COP(=O)(O)N3CCOCC3)[C@H]3OC(C)(C)OC32)N=N1. The molecule has 5 atom stereocenters. The first-order valence-electron chi connectivity index (χ1n) is 13.3. The lowest BCUT2D eigenvalue weighted by molar-refractivity contribution is -0.199. The van der Waals surface area contributed by atoms with Gasteiger partial charge in [0, 0.05) is 38.9 Å². The number of hydrogen-bond donors (Lipinski definition) is 2. The second-order valence-corrected chi connectivity index (χ2v) is 12.4. The van der Waals surface area contributed by atoms with Crippen LogP contribution in [0.1, 0.15) is 39.3 Å². The standard InChI is InChI=1S/C24H33N8O7P/c1-4-5-6-24(29-30-24)7-8-25-20-17-21(27-14-26-20)32(15-28-17)22-19-18(38-23(2,3)39-19)16(37-22)13-36-40(33,34)31-9-11-35-12-10-31/h1,14-16,18-19,22H,5-13H2,2-3H3,(H,33,34)(H,25,26,27)/t16-,18+,19?,22-/m0/s1. The minimum Gasteiger partial charge on any atom is -0.379 e. The van der Waals surface area contributed by atoms with Crippen LogP contribution in [0.25, 0.3) is 11.2 Å². The Balaban J connectivity index is 1.16. The summed E-state index contributed by atoms with van der Waals surface area (Å²) in [6, 6.07) is 0. The van der Waals surface area contributed by atoms with Gasteiger partial charge in [0.25, 0.3) is 0 Å². The molecule has 40 heavy (non-hydrogen) atoms. The molecule has 15 nitrogen and oxygen atoms in total. The van der Waals surface area contributed by atoms with Gasteiger partial charge in [-0.25, -0.2) is 24.2 Å². The van der Waals surface area contributed by atoms with Gasteiger partial charge in [0.15, 0.2) is 34.7 Å². The molecular formula is C24H33N8O7P. The highest BCUT2D eigenvalue weighted by atomic mass is 31.2. The van der Waals surface area contributed by atoms with Crippen molar-refractivity contribution in [1.82, 2.24) is 24.2 Å². The zero-order chi connectivity index (χ0) is 28.0. The van der Waals surface area contributed by atoms with E-state index in [0.29, 0.717) is 62.7 Å². The smallest absolute Gasteiger partial charge is 0.379 e. The lowest BCUT2D eigenvalue weighted by atomic mass is 10.0. The molecule has 0 spiro atoms. The van der Waals surface area contributed by atoms with Crippen LogP contribution in [-0.2, 0) is 28.0 Å². The first kappa shape index (κ1) is 27.6. The van der Waals surface area contributed by atoms with Gasteiger partial charge < -0.3 is 29.2 Å². The van der Waals surface area contributed by atoms with Gasteiger partial charge in [-0.05, 0) is 13.8 Å². The van der Waals surface area contributed by atoms with Crippen LogP contribution in [0.4, 0.5) is 5.82 Å². The van der Waals surface area contributed by atoms with Crippen LogP contribution >= 0.6 is 7.75 Å². The van der Waals surface area contributed by atoms with Crippen LogP contribution < -0.4 is 5.32 Å². The number of aromatic nitrogens is 4. The molecule has 3 saturated heterocycles. The Morgan fingerprint density at radius 2 is 1.98 bits per heavy atom. The largest absolute Gasteiger partial charge is 0.405 e. The summed E-state index contributed by atoms with van der Waals surface area (Å²) in [7, 11) is -4.03. The monoisotopic (exact) mass is 576 g/mol. The summed E-state index contributed by atoms with van der Waals surface area (Å²) < 4.78 is 45.5. The molecule has 6 heterocycles. The highest BCUT2D eigenvalue weighted by Crippen LogP contribution is 2.49. The molecule has 0 aliphatic carbocycles. The minimum absolute atomic E-state index is 0.159. The van der Waals surface area contributed by atoms with Crippen molar-refractivity contribution in [1.29, 1.82) is 0 Å². The van der Waals surface area contributed by atoms with Crippen LogP contribution in [0.5, 0.6) is 0 Å². The fourth-order valence-electron chi connectivity index (χ4n) is 5.29. The lowest BCUT2D eigenvalue weighted by Crippen LogP contribution is -2.36. The molecule has 0 bridgehead atoms. The predicted molar refractivity (Wildman–Crippen MR) is 140 cm³/mol. The van der Waals surface area contributed by atoms with Gasteiger partial charge in [0.05, 0.1) is 26.1 Å². The van der Waals surface area contributed by atoms with Gasteiger partial charge in [0.2, 0.25) is 0 Å². The highest BCUT2D eigenvalue weighted by molar-refractivity contribution is 7.50. The van der Waals surface area contributed by atoms with Crippen LogP contribution in [0.2, 0.25) is 0 Å². The van der Waals surface area contributed by atoms with Crippen molar-refractivity contribution in [3.63, 3.8) is 0 Å². The van der Waals surface area contributed by atoms with Gasteiger partial charge in [0.1, 0.15) is 24.6 Å². The molecule has 2 N–H and O–H groups in total. The van der Waals surface area contributed by atoms with Crippen LogP contribution in [0, 0.1) is 12.3 Å². The number of nitrogens with one attached hydrogen (secondary N) is 1. The molecule has 6 rings (SSSR count). The fourth-order valence-corrected chi connectivity index (χ4v) is 6.47. The van der Waals surface area contributed by atoms with E-state index in [1.165, 1.54) is 11.0 Å². The summed E-state index contributed by atoms with van der Waals surface area (Å²) in [5, 5.41) is 11.7. The first-order chi connectivity index (χ1) is 19.2. The number of ether oxygens (including phenoxy) is 4. The molecule has 2 aromatic heterocycles. The molecule has 0 saturated carbocycles. The summed E-state index contributed by atoms with van der Waals surface area (Å²) in [5.41, 5.74) is 0.705. The second kappa shape index (κ2) is 10.7. The van der Waals surface area contributed by atoms with Crippen molar-refractivity contribution in [3.05, 3.63) is 12.7 Å². The minimum atomic E-state index is -4.03. The summed E-state index contributed by atoms with van der Waals surface area (Å²) in [6.45, 7) is 5.42. The predicted octanol–water partition coefficient (Wildman–Crippen LogP) is 2.07. The van der Waals surface area contributed by atoms with Crippen molar-refractivity contribution >= 4 is 24.7 Å². The van der Waals surface area contributed by atoms with E-state index in [0.717, 1.165) is 6.42 Å². The van der Waals surface area contributed by atoms with Gasteiger partial charge in [-0.15, -0.1) is 12.3 Å². The van der Waals surface area contributed by atoms with E-state index < -0.39 is 43.7 Å². The third kappa shape index (κ3) is 5.50. The van der Waals surface area contributed by atoms with Gasteiger partial charge in [-0.3, -0.25) is 9.09 Å². The number of anilines is 1. The first-order valence-corrected chi connectivity index (χ1v) is 14.8. The van der Waals surface area contributed by atoms with E-state index in [1.54, 1.807) is 10.9 Å². The van der Waals surface area contributed by atoms with E-state index in [-0.39, 0.29) is 6.61 Å². The Labute approximate surface area is 231 Å². The maximum Gasteiger partial charge on any atom is 0.405 e. The molecule has 16 heteroatoms. The zero-order valence-corrected chi connectivity index (χ0v) is 23.3. The molecule has 0 amide bonds. The molecule has 4 aliphatic rings. The normalized spacial score (nSPS) is 30.1. The summed E-state index contributed by atoms with van der Waals surface area (Å²) in [4.78, 5) is 23.9. The zero-order valence-electron chi connectivity index (χ0n) is 22.4. The molecule has 4 aliphatic heterocycles. The molecular weight excluding hydrogens is 543 g/mol. The van der Waals surface area contributed by atoms with Crippen molar-refractivity contribution in [2.24, 2.45) is 10.2 Å². The molecule has 2 unspecified atom stereocenters. The van der Waals surface area contributed by atoms with Crippen LogP contribution in [-0.4, -0.2) is 98.3 Å². The average molecular weight is 577 g/mol. The molecule has 216 valence electrons. The second-order valence-electron chi connectivity index (χ2n) is 10.6. The Hall–Kier alpha value is -2.54. The van der Waals surface area contributed by atoms with Crippen LogP contribution in [0.15, 0.2) is 22.9 Å². The van der Waals surface area contributed by atoms with Crippen molar-refractivity contribution in [2.45, 2.75) is 69.1 Å². The van der Waals surface area contributed by atoms with E-state index in [4.69, 9.17) is 29.9 Å². The maximum absolute atomic E-state index is 12.9. The van der Waals surface area contributed by atoms with Gasteiger partial charge >= 0.3 is 7.75 Å². The fraction of sp³-hybridized carbons (Fsp3) is 0.708. The molecule has 2 aromatic rings. The van der Waals surface area contributed by atoms with E-state index in [2.05, 4.69) is 36.4 Å². The Kier molecular flexibility index (Phi) is 7.39. The molecule has 0 radical (unpaired) electrons. The quantitative estimate of drug-likeness (QED) is 0.296. The number of imidazole rings is 1. The average Bonchev–Trinajstić information content (AvgIpc) is 3.27. The third-order valence-corrected chi connectivity index (χ3v) is 8.98. The summed E-state index contributed by atoms with van der Waals surface area (Å²) in [6.07, 6.45) is 8.11. The van der Waals surface area contributed by atoms with Crippen LogP contribution in [0.3, 0.4) is 0 Å². The third-order valence-electron chi connectivity index (χ3n) is 7.38. The number of fused-ring (bicyclic) bond motifs is 2.